The number of rotatable bonds is 6. The Morgan fingerprint density at radius 1 is 1.30 bits per heavy atom. The average molecular weight is 371 g/mol. The highest BCUT2D eigenvalue weighted by Gasteiger charge is 2.46. The molecule has 3 heterocycles. The molecule has 7 heteroatoms. The second-order valence-electron chi connectivity index (χ2n) is 7.35. The number of hydrogen-bond acceptors (Lipinski definition) is 4. The molecule has 1 saturated heterocycles. The average Bonchev–Trinajstić information content (AvgIpc) is 3.23. The number of nitrogens with zero attached hydrogens (tertiary/aromatic N) is 3. The fourth-order valence-corrected chi connectivity index (χ4v) is 4.04. The Balaban J connectivity index is 1.59. The molecule has 2 amide bonds. The third-order valence-electron chi connectivity index (χ3n) is 5.18. The van der Waals surface area contributed by atoms with Crippen LogP contribution in [-0.2, 0) is 6.42 Å². The monoisotopic (exact) mass is 371 g/mol. The number of aliphatic imine (C=N–C) groups is 1. The zero-order valence-electron chi connectivity index (χ0n) is 15.8. The van der Waals surface area contributed by atoms with Gasteiger partial charge in [0.25, 0.3) is 0 Å². The molecule has 3 aliphatic heterocycles. The van der Waals surface area contributed by atoms with Crippen LogP contribution in [0.15, 0.2) is 40.8 Å². The zero-order chi connectivity index (χ0) is 19.0. The molecule has 27 heavy (non-hydrogen) atoms. The first-order chi connectivity index (χ1) is 13.1. The molecule has 0 spiro atoms. The van der Waals surface area contributed by atoms with E-state index in [0.29, 0.717) is 19.5 Å². The lowest BCUT2D eigenvalue weighted by Crippen LogP contribution is -2.53. The first-order valence-electron chi connectivity index (χ1n) is 9.77. The molecule has 2 N–H and O–H groups in total. The van der Waals surface area contributed by atoms with Crippen molar-refractivity contribution in [3.8, 4) is 0 Å². The molecule has 2 unspecified atom stereocenters. The van der Waals surface area contributed by atoms with Crippen LogP contribution in [0.3, 0.4) is 0 Å². The molecule has 0 saturated carbocycles. The summed E-state index contributed by atoms with van der Waals surface area (Å²) >= 11 is 0. The minimum Gasteiger partial charge on any atom is -0.365 e. The van der Waals surface area contributed by atoms with Crippen LogP contribution >= 0.6 is 0 Å². The predicted molar refractivity (Wildman–Crippen MR) is 102 cm³/mol. The van der Waals surface area contributed by atoms with Crippen molar-refractivity contribution in [2.75, 3.05) is 13.1 Å². The van der Waals surface area contributed by atoms with Crippen molar-refractivity contribution in [2.24, 2.45) is 4.99 Å². The summed E-state index contributed by atoms with van der Waals surface area (Å²) in [7, 11) is 0. The van der Waals surface area contributed by atoms with E-state index in [1.807, 2.05) is 15.9 Å². The molecule has 1 aromatic rings. The molecule has 144 valence electrons. The third-order valence-corrected chi connectivity index (χ3v) is 5.18. The maximum atomic E-state index is 13.5. The van der Waals surface area contributed by atoms with Crippen LogP contribution in [-0.4, -0.2) is 47.0 Å². The molecule has 0 radical (unpaired) electrons. The number of benzene rings is 1. The maximum Gasteiger partial charge on any atom is 0.327 e. The molecule has 3 aliphatic rings. The van der Waals surface area contributed by atoms with E-state index in [0.717, 1.165) is 42.2 Å². The Bertz CT molecular complexity index is 805. The van der Waals surface area contributed by atoms with Gasteiger partial charge in [0.2, 0.25) is 0 Å². The van der Waals surface area contributed by atoms with E-state index in [9.17, 15) is 9.18 Å². The Labute approximate surface area is 159 Å². The number of amidine groups is 1. The highest BCUT2D eigenvalue weighted by atomic mass is 19.1. The van der Waals surface area contributed by atoms with Crippen molar-refractivity contribution in [3.63, 3.8) is 0 Å². The van der Waals surface area contributed by atoms with Crippen molar-refractivity contribution < 1.29 is 9.18 Å². The predicted octanol–water partition coefficient (Wildman–Crippen LogP) is 2.78. The van der Waals surface area contributed by atoms with Crippen molar-refractivity contribution in [2.45, 2.75) is 51.7 Å². The van der Waals surface area contributed by atoms with Crippen LogP contribution in [0.5, 0.6) is 0 Å². The van der Waals surface area contributed by atoms with Gasteiger partial charge in [-0.3, -0.25) is 9.80 Å². The van der Waals surface area contributed by atoms with Crippen LogP contribution < -0.4 is 10.6 Å². The minimum atomic E-state index is -0.259. The van der Waals surface area contributed by atoms with Crippen LogP contribution in [0.25, 0.3) is 0 Å². The quantitative estimate of drug-likeness (QED) is 0.808. The van der Waals surface area contributed by atoms with Gasteiger partial charge in [-0.2, -0.15) is 0 Å². The van der Waals surface area contributed by atoms with Gasteiger partial charge < -0.3 is 10.6 Å². The van der Waals surface area contributed by atoms with E-state index < -0.39 is 0 Å². The van der Waals surface area contributed by atoms with Gasteiger partial charge in [0, 0.05) is 25.6 Å². The van der Waals surface area contributed by atoms with Gasteiger partial charge in [-0.1, -0.05) is 26.0 Å². The summed E-state index contributed by atoms with van der Waals surface area (Å²) in [5, 5.41) is 6.93. The number of urea groups is 1. The fraction of sp³-hybridized carbons (Fsp3) is 0.500. The standard InChI is InChI=1S/C20H26FN5O/c1-3-6-16-23-17-18-22-15(11-13-7-5-8-14(21)10-13)12-26(18)20(27)25(9-4-2)19(17)24-16/h5,7-8,10,15,19,22H,3-4,6,9,11-12H2,1-2H3,(H,23,24). The number of halogens is 1. The maximum absolute atomic E-state index is 13.5. The van der Waals surface area contributed by atoms with E-state index >= 15 is 0 Å². The van der Waals surface area contributed by atoms with Gasteiger partial charge in [-0.05, 0) is 37.0 Å². The highest BCUT2D eigenvalue weighted by Crippen LogP contribution is 2.32. The number of carbonyl (C=O) groups excluding carboxylic acids is 1. The number of carbonyl (C=O) groups is 1. The summed E-state index contributed by atoms with van der Waals surface area (Å²) in [6, 6.07) is 6.70. The first-order valence-corrected chi connectivity index (χ1v) is 9.77. The summed E-state index contributed by atoms with van der Waals surface area (Å²) in [5.41, 5.74) is 1.89. The molecule has 1 fully saturated rings. The van der Waals surface area contributed by atoms with E-state index in [-0.39, 0.29) is 24.1 Å². The lowest BCUT2D eigenvalue weighted by molar-refractivity contribution is 0.146. The summed E-state index contributed by atoms with van der Waals surface area (Å²) in [4.78, 5) is 21.5. The molecule has 0 aliphatic carbocycles. The summed E-state index contributed by atoms with van der Waals surface area (Å²) in [6.45, 7) is 5.44. The Morgan fingerprint density at radius 2 is 2.15 bits per heavy atom. The highest BCUT2D eigenvalue weighted by molar-refractivity contribution is 5.89. The van der Waals surface area contributed by atoms with Gasteiger partial charge in [-0.15, -0.1) is 0 Å². The van der Waals surface area contributed by atoms with Crippen molar-refractivity contribution in [3.05, 3.63) is 47.2 Å². The van der Waals surface area contributed by atoms with Gasteiger partial charge in [-0.25, -0.2) is 14.2 Å². The van der Waals surface area contributed by atoms with Gasteiger partial charge in [0.1, 0.15) is 23.2 Å². The Hall–Kier alpha value is -2.57. The first kappa shape index (κ1) is 17.8. The molecular formula is C20H26FN5O. The molecule has 0 aromatic heterocycles. The van der Waals surface area contributed by atoms with Crippen LogP contribution in [0.1, 0.15) is 38.7 Å². The number of amides is 2. The molecular weight excluding hydrogens is 345 g/mol. The summed E-state index contributed by atoms with van der Waals surface area (Å²) in [5.74, 6) is 1.54. The summed E-state index contributed by atoms with van der Waals surface area (Å²) in [6.07, 6.45) is 3.17. The Morgan fingerprint density at radius 3 is 2.89 bits per heavy atom. The smallest absolute Gasteiger partial charge is 0.327 e. The second kappa shape index (κ2) is 7.21. The third kappa shape index (κ3) is 3.26. The van der Waals surface area contributed by atoms with Crippen LogP contribution in [0.4, 0.5) is 9.18 Å². The molecule has 4 rings (SSSR count). The second-order valence-corrected chi connectivity index (χ2v) is 7.35. The van der Waals surface area contributed by atoms with Gasteiger partial charge in [0.05, 0.1) is 0 Å². The Kier molecular flexibility index (Phi) is 4.76. The van der Waals surface area contributed by atoms with Gasteiger partial charge >= 0.3 is 6.03 Å². The minimum absolute atomic E-state index is 0.00172. The van der Waals surface area contributed by atoms with E-state index in [2.05, 4.69) is 24.5 Å². The topological polar surface area (TPSA) is 60.0 Å². The lowest BCUT2D eigenvalue weighted by atomic mass is 10.1. The van der Waals surface area contributed by atoms with E-state index in [1.165, 1.54) is 6.07 Å². The van der Waals surface area contributed by atoms with Crippen LogP contribution in [0.2, 0.25) is 0 Å². The van der Waals surface area contributed by atoms with E-state index in [4.69, 9.17) is 4.99 Å². The molecule has 2 atom stereocenters. The number of nitrogens with one attached hydrogen (secondary N) is 2. The largest absolute Gasteiger partial charge is 0.365 e. The van der Waals surface area contributed by atoms with Crippen molar-refractivity contribution in [1.82, 2.24) is 20.4 Å². The SMILES string of the molecule is CCCC1=NC2C(=C3NC(Cc4cccc(F)c4)CN3C(=O)N2CCC)N1. The number of hydrogen-bond donors (Lipinski definition) is 2. The van der Waals surface area contributed by atoms with Crippen molar-refractivity contribution >= 4 is 11.9 Å². The molecule has 6 nitrogen and oxygen atoms in total. The molecule has 0 bridgehead atoms. The normalized spacial score (nSPS) is 23.8. The fourth-order valence-electron chi connectivity index (χ4n) is 4.04. The lowest BCUT2D eigenvalue weighted by Gasteiger charge is -2.36. The van der Waals surface area contributed by atoms with Gasteiger partial charge in [0.15, 0.2) is 6.17 Å². The van der Waals surface area contributed by atoms with Crippen LogP contribution in [0, 0.1) is 5.82 Å². The zero-order valence-corrected chi connectivity index (χ0v) is 15.8. The summed E-state index contributed by atoms with van der Waals surface area (Å²) < 4.78 is 13.5. The van der Waals surface area contributed by atoms with E-state index in [1.54, 1.807) is 12.1 Å². The van der Waals surface area contributed by atoms with Crippen molar-refractivity contribution in [1.29, 1.82) is 0 Å². The number of fused-ring (bicyclic) bond motifs is 2. The molecule has 1 aromatic carbocycles.